The number of hydrogen-bond donors (Lipinski definition) is 2. The maximum Gasteiger partial charge on any atom is 0.347 e. The second-order valence-corrected chi connectivity index (χ2v) is 6.03. The van der Waals surface area contributed by atoms with Gasteiger partial charge in [0, 0.05) is 28.9 Å². The molecule has 0 saturated carbocycles. The number of carboxylic acid groups (broad SMARTS) is 1. The van der Waals surface area contributed by atoms with Crippen molar-refractivity contribution >= 4 is 33.2 Å². The van der Waals surface area contributed by atoms with Gasteiger partial charge in [-0.1, -0.05) is 11.3 Å². The van der Waals surface area contributed by atoms with Gasteiger partial charge in [0.25, 0.3) is 0 Å². The molecule has 16 heavy (non-hydrogen) atoms. The number of carboxylic acids is 1. The number of aromatic carboxylic acids is 1. The molecule has 0 fully saturated rings. The molecule has 5 nitrogen and oxygen atoms in total. The molecule has 0 saturated heterocycles. The van der Waals surface area contributed by atoms with Crippen LogP contribution < -0.4 is 5.32 Å². The van der Waals surface area contributed by atoms with Crippen molar-refractivity contribution in [3.8, 4) is 0 Å². The molecule has 0 amide bonds. The summed E-state index contributed by atoms with van der Waals surface area (Å²) in [6.45, 7) is 1.95. The standard InChI is InChI=1S/C9H14N2O3S2/c1-6(3-4-16(2)14)11-9-10-5-7(15-9)8(12)13/h5-6H,3-4H2,1-2H3,(H,10,11)(H,12,13). The molecular formula is C9H14N2O3S2. The zero-order valence-corrected chi connectivity index (χ0v) is 10.7. The highest BCUT2D eigenvalue weighted by Gasteiger charge is 2.10. The second kappa shape index (κ2) is 5.95. The van der Waals surface area contributed by atoms with Crippen molar-refractivity contribution in [2.45, 2.75) is 19.4 Å². The van der Waals surface area contributed by atoms with Crippen LogP contribution >= 0.6 is 11.3 Å². The third-order valence-corrected chi connectivity index (χ3v) is 3.65. The Hall–Kier alpha value is -0.950. The second-order valence-electron chi connectivity index (χ2n) is 3.45. The third-order valence-electron chi connectivity index (χ3n) is 1.92. The van der Waals surface area contributed by atoms with Crippen LogP contribution in [0.5, 0.6) is 0 Å². The minimum absolute atomic E-state index is 0.136. The number of nitrogens with one attached hydrogen (secondary N) is 1. The molecule has 2 unspecified atom stereocenters. The number of anilines is 1. The lowest BCUT2D eigenvalue weighted by Crippen LogP contribution is -2.17. The molecule has 0 aliphatic rings. The first-order valence-corrected chi connectivity index (χ1v) is 7.29. The summed E-state index contributed by atoms with van der Waals surface area (Å²) in [7, 11) is -0.797. The van der Waals surface area contributed by atoms with E-state index in [1.807, 2.05) is 6.92 Å². The van der Waals surface area contributed by atoms with E-state index in [9.17, 15) is 9.00 Å². The zero-order valence-electron chi connectivity index (χ0n) is 9.10. The van der Waals surface area contributed by atoms with E-state index < -0.39 is 16.8 Å². The molecule has 0 radical (unpaired) electrons. The van der Waals surface area contributed by atoms with E-state index in [2.05, 4.69) is 10.3 Å². The Morgan fingerprint density at radius 1 is 1.75 bits per heavy atom. The van der Waals surface area contributed by atoms with Gasteiger partial charge in [0.2, 0.25) is 0 Å². The first kappa shape index (κ1) is 13.1. The summed E-state index contributed by atoms with van der Waals surface area (Å²) >= 11 is 1.11. The largest absolute Gasteiger partial charge is 0.477 e. The van der Waals surface area contributed by atoms with Crippen molar-refractivity contribution in [1.82, 2.24) is 4.98 Å². The molecule has 0 aromatic carbocycles. The fraction of sp³-hybridized carbons (Fsp3) is 0.556. The Balaban J connectivity index is 2.46. The van der Waals surface area contributed by atoms with Crippen LogP contribution in [0.25, 0.3) is 0 Å². The summed E-state index contributed by atoms with van der Waals surface area (Å²) in [5.74, 6) is -0.335. The average molecular weight is 262 g/mol. The van der Waals surface area contributed by atoms with Crippen molar-refractivity contribution < 1.29 is 14.1 Å². The van der Waals surface area contributed by atoms with Crippen LogP contribution in [0.3, 0.4) is 0 Å². The quantitative estimate of drug-likeness (QED) is 0.810. The minimum Gasteiger partial charge on any atom is -0.477 e. The molecule has 90 valence electrons. The van der Waals surface area contributed by atoms with E-state index in [1.54, 1.807) is 6.26 Å². The zero-order chi connectivity index (χ0) is 12.1. The van der Waals surface area contributed by atoms with Crippen molar-refractivity contribution in [2.75, 3.05) is 17.3 Å². The number of aromatic nitrogens is 1. The SMILES string of the molecule is CC(CCS(C)=O)Nc1ncc(C(=O)O)s1. The average Bonchev–Trinajstić information content (AvgIpc) is 2.63. The van der Waals surface area contributed by atoms with Gasteiger partial charge in [-0.3, -0.25) is 4.21 Å². The van der Waals surface area contributed by atoms with Crippen LogP contribution in [0.4, 0.5) is 5.13 Å². The van der Waals surface area contributed by atoms with E-state index in [0.29, 0.717) is 10.9 Å². The van der Waals surface area contributed by atoms with E-state index in [-0.39, 0.29) is 10.9 Å². The Bertz CT molecular complexity index is 392. The molecule has 0 bridgehead atoms. The molecule has 2 atom stereocenters. The van der Waals surface area contributed by atoms with Gasteiger partial charge in [-0.05, 0) is 13.3 Å². The smallest absolute Gasteiger partial charge is 0.347 e. The van der Waals surface area contributed by atoms with E-state index in [0.717, 1.165) is 17.8 Å². The molecule has 7 heteroatoms. The Morgan fingerprint density at radius 2 is 2.44 bits per heavy atom. The van der Waals surface area contributed by atoms with E-state index in [1.165, 1.54) is 6.20 Å². The van der Waals surface area contributed by atoms with Crippen LogP contribution in [0.15, 0.2) is 6.20 Å². The monoisotopic (exact) mass is 262 g/mol. The molecule has 1 rings (SSSR count). The Kier molecular flexibility index (Phi) is 4.88. The highest BCUT2D eigenvalue weighted by Crippen LogP contribution is 2.19. The molecule has 0 aliphatic heterocycles. The number of nitrogens with zero attached hydrogens (tertiary/aromatic N) is 1. The number of hydrogen-bond acceptors (Lipinski definition) is 5. The summed E-state index contributed by atoms with van der Waals surface area (Å²) in [6, 6.07) is 0.136. The summed E-state index contributed by atoms with van der Waals surface area (Å²) in [4.78, 5) is 14.8. The highest BCUT2D eigenvalue weighted by molar-refractivity contribution is 7.84. The fourth-order valence-corrected chi connectivity index (χ4v) is 2.52. The van der Waals surface area contributed by atoms with Gasteiger partial charge in [0.15, 0.2) is 5.13 Å². The molecule has 1 heterocycles. The number of thiazole rings is 1. The molecule has 1 aromatic rings. The lowest BCUT2D eigenvalue weighted by Gasteiger charge is -2.11. The summed E-state index contributed by atoms with van der Waals surface area (Å²) in [5.41, 5.74) is 0. The first-order valence-electron chi connectivity index (χ1n) is 4.74. The lowest BCUT2D eigenvalue weighted by molar-refractivity contribution is 0.0702. The van der Waals surface area contributed by atoms with Crippen molar-refractivity contribution in [1.29, 1.82) is 0 Å². The third kappa shape index (κ3) is 4.28. The van der Waals surface area contributed by atoms with E-state index in [4.69, 9.17) is 5.11 Å². The van der Waals surface area contributed by atoms with E-state index >= 15 is 0 Å². The van der Waals surface area contributed by atoms with Crippen LogP contribution in [0.2, 0.25) is 0 Å². The van der Waals surface area contributed by atoms with Crippen molar-refractivity contribution in [3.05, 3.63) is 11.1 Å². The van der Waals surface area contributed by atoms with Gasteiger partial charge in [0.05, 0.1) is 6.20 Å². The van der Waals surface area contributed by atoms with Gasteiger partial charge in [-0.2, -0.15) is 0 Å². The molecule has 0 spiro atoms. The molecule has 1 aromatic heterocycles. The minimum atomic E-state index is -0.965. The molecule has 0 aliphatic carbocycles. The van der Waals surface area contributed by atoms with Crippen LogP contribution in [-0.2, 0) is 10.8 Å². The lowest BCUT2D eigenvalue weighted by atomic mass is 10.3. The maximum absolute atomic E-state index is 10.9. The van der Waals surface area contributed by atoms with Gasteiger partial charge in [-0.15, -0.1) is 0 Å². The topological polar surface area (TPSA) is 79.3 Å². The van der Waals surface area contributed by atoms with Crippen LogP contribution in [0, 0.1) is 0 Å². The molecular weight excluding hydrogens is 248 g/mol. The van der Waals surface area contributed by atoms with Crippen molar-refractivity contribution in [2.24, 2.45) is 0 Å². The predicted molar refractivity (Wildman–Crippen MR) is 65.7 cm³/mol. The van der Waals surface area contributed by atoms with Gasteiger partial charge in [0.1, 0.15) is 4.88 Å². The number of carbonyl (C=O) groups is 1. The number of rotatable bonds is 6. The summed E-state index contributed by atoms with van der Waals surface area (Å²) < 4.78 is 10.9. The fourth-order valence-electron chi connectivity index (χ4n) is 1.07. The van der Waals surface area contributed by atoms with Crippen molar-refractivity contribution in [3.63, 3.8) is 0 Å². The highest BCUT2D eigenvalue weighted by atomic mass is 32.2. The maximum atomic E-state index is 10.9. The summed E-state index contributed by atoms with van der Waals surface area (Å²) in [6.07, 6.45) is 3.77. The van der Waals surface area contributed by atoms with Gasteiger partial charge >= 0.3 is 5.97 Å². The first-order chi connectivity index (χ1) is 7.49. The van der Waals surface area contributed by atoms with Crippen LogP contribution in [-0.4, -0.2) is 38.3 Å². The molecule has 2 N–H and O–H groups in total. The Labute approximate surface area is 100 Å². The predicted octanol–water partition coefficient (Wildman–Crippen LogP) is 1.41. The van der Waals surface area contributed by atoms with Gasteiger partial charge < -0.3 is 10.4 Å². The van der Waals surface area contributed by atoms with Crippen LogP contribution in [0.1, 0.15) is 23.0 Å². The summed E-state index contributed by atoms with van der Waals surface area (Å²) in [5, 5.41) is 12.4. The Morgan fingerprint density at radius 3 is 2.94 bits per heavy atom. The van der Waals surface area contributed by atoms with Gasteiger partial charge in [-0.25, -0.2) is 9.78 Å². The normalized spacial score (nSPS) is 14.4.